The summed E-state index contributed by atoms with van der Waals surface area (Å²) < 4.78 is 9.09. The van der Waals surface area contributed by atoms with E-state index >= 15 is 0 Å². The molecule has 0 radical (unpaired) electrons. The van der Waals surface area contributed by atoms with Gasteiger partial charge in [0.2, 0.25) is 5.91 Å². The minimum absolute atomic E-state index is 0.149. The number of carbonyl (C=O) groups excluding carboxylic acids is 1. The molecule has 1 aromatic heterocycles. The van der Waals surface area contributed by atoms with E-state index in [1.807, 2.05) is 79.7 Å². The fourth-order valence-corrected chi connectivity index (χ4v) is 5.17. The Kier molecular flexibility index (Phi) is 8.63. The molecule has 0 saturated heterocycles. The Balaban J connectivity index is 1.49. The van der Waals surface area contributed by atoms with Gasteiger partial charge in [-0.3, -0.25) is 14.3 Å². The molecule has 9 heteroatoms. The van der Waals surface area contributed by atoms with Crippen LogP contribution in [0.5, 0.6) is 11.5 Å². The summed E-state index contributed by atoms with van der Waals surface area (Å²) in [5, 5.41) is 11.7. The third-order valence-electron chi connectivity index (χ3n) is 7.66. The maximum Gasteiger partial charge on any atom is 0.339 e. The van der Waals surface area contributed by atoms with Gasteiger partial charge in [-0.1, -0.05) is 30.3 Å². The highest BCUT2D eigenvalue weighted by atomic mass is 16.5. The molecule has 3 aromatic carbocycles. The Morgan fingerprint density at radius 1 is 1.02 bits per heavy atom. The Morgan fingerprint density at radius 2 is 1.77 bits per heavy atom. The number of nitrogens with one attached hydrogen (secondary N) is 2. The zero-order valence-corrected chi connectivity index (χ0v) is 25.3. The largest absolute Gasteiger partial charge is 0.457 e. The lowest BCUT2D eigenvalue weighted by Gasteiger charge is -2.17. The lowest BCUT2D eigenvalue weighted by molar-refractivity contribution is -0.113. The van der Waals surface area contributed by atoms with E-state index in [0.717, 1.165) is 17.9 Å². The number of anilines is 2. The van der Waals surface area contributed by atoms with E-state index in [1.54, 1.807) is 47.2 Å². The molecule has 43 heavy (non-hydrogen) atoms. The number of para-hydroxylation sites is 1. The van der Waals surface area contributed by atoms with Gasteiger partial charge in [0.15, 0.2) is 0 Å². The maximum absolute atomic E-state index is 14.1. The molecule has 1 aliphatic rings. The summed E-state index contributed by atoms with van der Waals surface area (Å²) >= 11 is 0. The summed E-state index contributed by atoms with van der Waals surface area (Å²) in [5.41, 5.74) is 3.03. The number of aryl methyl sites for hydroxylation is 1. The van der Waals surface area contributed by atoms with Crippen LogP contribution in [0.25, 0.3) is 11.4 Å². The molecule has 0 atom stereocenters. The SMILES string of the molecule is CNc1c(C(C)=N)n(-c2ccc(Oc3ccccc3)cc2C)c(=O)n1-c1cccc(N(C)C(=O)/C=C/CN(C)C2CC2)c1. The van der Waals surface area contributed by atoms with Crippen LogP contribution < -0.4 is 20.6 Å². The normalized spacial score (nSPS) is 13.0. The van der Waals surface area contributed by atoms with E-state index in [4.69, 9.17) is 10.1 Å². The highest BCUT2D eigenvalue weighted by molar-refractivity contribution is 6.01. The van der Waals surface area contributed by atoms with Crippen LogP contribution in [0.2, 0.25) is 0 Å². The van der Waals surface area contributed by atoms with Crippen LogP contribution in [0, 0.1) is 12.3 Å². The number of imidazole rings is 1. The molecule has 0 unspecified atom stereocenters. The van der Waals surface area contributed by atoms with Crippen LogP contribution in [0.3, 0.4) is 0 Å². The summed E-state index contributed by atoms with van der Waals surface area (Å²) in [5.74, 6) is 1.70. The van der Waals surface area contributed by atoms with E-state index < -0.39 is 0 Å². The van der Waals surface area contributed by atoms with Crippen LogP contribution in [0.15, 0.2) is 89.7 Å². The Bertz CT molecular complexity index is 1730. The monoisotopic (exact) mass is 578 g/mol. The second kappa shape index (κ2) is 12.5. The van der Waals surface area contributed by atoms with Gasteiger partial charge in [-0.05, 0) is 87.8 Å². The molecule has 1 amide bonds. The first-order chi connectivity index (χ1) is 20.7. The van der Waals surface area contributed by atoms with E-state index in [1.165, 1.54) is 12.8 Å². The van der Waals surface area contributed by atoms with E-state index in [9.17, 15) is 9.59 Å². The van der Waals surface area contributed by atoms with Crippen LogP contribution in [-0.4, -0.2) is 59.4 Å². The minimum Gasteiger partial charge on any atom is -0.457 e. The number of aromatic nitrogens is 2. The molecule has 0 bridgehead atoms. The number of amides is 1. The standard InChI is InChI=1S/C34H38N6O3/c1-23-21-29(43-28-13-7-6-8-14-28)18-19-30(23)40-32(24(2)35)33(36-3)39(34(40)42)27-12-9-11-26(22-27)38(5)31(41)15-10-20-37(4)25-16-17-25/h6-15,18-19,21-22,25,35-36H,16-17,20H2,1-5H3/b15-10+,35-24?. The van der Waals surface area contributed by atoms with Crippen molar-refractivity contribution in [2.45, 2.75) is 32.7 Å². The topological polar surface area (TPSA) is 95.6 Å². The first-order valence-corrected chi connectivity index (χ1v) is 14.4. The number of nitrogens with zero attached hydrogens (tertiary/aromatic N) is 4. The summed E-state index contributed by atoms with van der Waals surface area (Å²) in [6, 6.07) is 23.0. The average molecular weight is 579 g/mol. The number of hydrogen-bond donors (Lipinski definition) is 2. The zero-order valence-electron chi connectivity index (χ0n) is 25.3. The summed E-state index contributed by atoms with van der Waals surface area (Å²) in [7, 11) is 5.52. The van der Waals surface area contributed by atoms with Gasteiger partial charge in [-0.25, -0.2) is 9.36 Å². The number of benzene rings is 3. The zero-order chi connectivity index (χ0) is 30.7. The molecule has 0 spiro atoms. The van der Waals surface area contributed by atoms with Crippen molar-refractivity contribution in [1.29, 1.82) is 5.41 Å². The lowest BCUT2D eigenvalue weighted by Crippen LogP contribution is -2.26. The Labute approximate surface area is 252 Å². The van der Waals surface area contributed by atoms with E-state index in [2.05, 4.69) is 17.3 Å². The van der Waals surface area contributed by atoms with Gasteiger partial charge in [0.1, 0.15) is 23.0 Å². The van der Waals surface area contributed by atoms with Crippen molar-refractivity contribution in [3.05, 3.63) is 107 Å². The molecule has 1 saturated carbocycles. The molecule has 0 aliphatic heterocycles. The molecule has 1 aliphatic carbocycles. The van der Waals surface area contributed by atoms with Crippen molar-refractivity contribution < 1.29 is 9.53 Å². The molecule has 1 heterocycles. The predicted molar refractivity (Wildman–Crippen MR) is 173 cm³/mol. The summed E-state index contributed by atoms with van der Waals surface area (Å²) in [6.45, 7) is 4.30. The van der Waals surface area contributed by atoms with Crippen LogP contribution in [0.1, 0.15) is 31.0 Å². The predicted octanol–water partition coefficient (Wildman–Crippen LogP) is 5.77. The molecule has 5 rings (SSSR count). The summed E-state index contributed by atoms with van der Waals surface area (Å²) in [6.07, 6.45) is 5.92. The van der Waals surface area contributed by atoms with Crippen LogP contribution in [0.4, 0.5) is 11.5 Å². The smallest absolute Gasteiger partial charge is 0.339 e. The van der Waals surface area contributed by atoms with Gasteiger partial charge in [-0.2, -0.15) is 0 Å². The fourth-order valence-electron chi connectivity index (χ4n) is 5.17. The van der Waals surface area contributed by atoms with Crippen molar-refractivity contribution in [3.63, 3.8) is 0 Å². The molecule has 4 aromatic rings. The van der Waals surface area contributed by atoms with Crippen molar-refractivity contribution in [2.24, 2.45) is 0 Å². The molecule has 2 N–H and O–H groups in total. The van der Waals surface area contributed by atoms with Crippen LogP contribution >= 0.6 is 0 Å². The molecule has 9 nitrogen and oxygen atoms in total. The number of likely N-dealkylation sites (N-methyl/N-ethyl adjacent to an activating group) is 2. The van der Waals surface area contributed by atoms with E-state index in [-0.39, 0.29) is 17.3 Å². The van der Waals surface area contributed by atoms with Crippen molar-refractivity contribution in [2.75, 3.05) is 37.9 Å². The van der Waals surface area contributed by atoms with Gasteiger partial charge in [0.05, 0.1) is 17.1 Å². The third kappa shape index (κ3) is 6.32. The molecular weight excluding hydrogens is 540 g/mol. The lowest BCUT2D eigenvalue weighted by atomic mass is 10.1. The van der Waals surface area contributed by atoms with Crippen molar-refractivity contribution in [1.82, 2.24) is 14.0 Å². The molecular formula is C34H38N6O3. The minimum atomic E-state index is -0.333. The van der Waals surface area contributed by atoms with Crippen molar-refractivity contribution >= 4 is 23.1 Å². The number of ether oxygens (including phenoxy) is 1. The average Bonchev–Trinajstić information content (AvgIpc) is 3.81. The summed E-state index contributed by atoms with van der Waals surface area (Å²) in [4.78, 5) is 30.9. The van der Waals surface area contributed by atoms with Gasteiger partial charge in [-0.15, -0.1) is 0 Å². The van der Waals surface area contributed by atoms with Gasteiger partial charge in [0.25, 0.3) is 0 Å². The van der Waals surface area contributed by atoms with Crippen molar-refractivity contribution in [3.8, 4) is 22.9 Å². The van der Waals surface area contributed by atoms with Gasteiger partial charge in [0, 0.05) is 38.4 Å². The Hall–Kier alpha value is -4.89. The molecule has 1 fully saturated rings. The van der Waals surface area contributed by atoms with E-state index in [0.29, 0.717) is 40.4 Å². The maximum atomic E-state index is 14.1. The number of carbonyl (C=O) groups is 1. The molecule has 222 valence electrons. The second-order valence-electron chi connectivity index (χ2n) is 10.9. The Morgan fingerprint density at radius 3 is 2.42 bits per heavy atom. The second-order valence-corrected chi connectivity index (χ2v) is 10.9. The highest BCUT2D eigenvalue weighted by Gasteiger charge is 2.26. The first-order valence-electron chi connectivity index (χ1n) is 14.4. The number of hydrogen-bond acceptors (Lipinski definition) is 6. The number of rotatable bonds is 11. The third-order valence-corrected chi connectivity index (χ3v) is 7.66. The first kappa shape index (κ1) is 29.6. The van der Waals surface area contributed by atoms with Gasteiger partial charge < -0.3 is 20.4 Å². The fraction of sp³-hybridized carbons (Fsp3) is 0.265. The highest BCUT2D eigenvalue weighted by Crippen LogP contribution is 2.29. The quantitative estimate of drug-likeness (QED) is 0.174. The van der Waals surface area contributed by atoms with Gasteiger partial charge >= 0.3 is 5.69 Å². The van der Waals surface area contributed by atoms with Crippen LogP contribution in [-0.2, 0) is 4.79 Å².